The molecular weight excluding hydrogens is 372 g/mol. The van der Waals surface area contributed by atoms with Gasteiger partial charge in [-0.3, -0.25) is 9.69 Å². The Hall–Kier alpha value is -1.76. The van der Waals surface area contributed by atoms with Crippen molar-refractivity contribution in [1.29, 1.82) is 0 Å². The maximum Gasteiger partial charge on any atom is 0.254 e. The Labute approximate surface area is 163 Å². The minimum Gasteiger partial charge on any atom is -0.496 e. The molecule has 2 heterocycles. The van der Waals surface area contributed by atoms with Crippen LogP contribution in [0.25, 0.3) is 0 Å². The summed E-state index contributed by atoms with van der Waals surface area (Å²) in [4.78, 5) is 18.4. The highest BCUT2D eigenvalue weighted by atomic mass is 35.5. The molecule has 2 aromatic rings. The normalized spacial score (nSPS) is 15.2. The van der Waals surface area contributed by atoms with Crippen molar-refractivity contribution in [3.63, 3.8) is 0 Å². The molecule has 7 heteroatoms. The van der Waals surface area contributed by atoms with E-state index in [0.717, 1.165) is 29.5 Å². The summed E-state index contributed by atoms with van der Waals surface area (Å²) in [5.41, 5.74) is 1.49. The molecule has 0 unspecified atom stereocenters. The van der Waals surface area contributed by atoms with E-state index in [1.807, 2.05) is 17.9 Å². The van der Waals surface area contributed by atoms with Crippen LogP contribution in [0, 0.1) is 6.92 Å². The van der Waals surface area contributed by atoms with Gasteiger partial charge in [0.25, 0.3) is 5.91 Å². The lowest BCUT2D eigenvalue weighted by Gasteiger charge is -2.34. The van der Waals surface area contributed by atoms with Crippen molar-refractivity contribution >= 4 is 28.8 Å². The van der Waals surface area contributed by atoms with Gasteiger partial charge in [-0.2, -0.15) is 0 Å². The molecule has 1 aromatic heterocycles. The van der Waals surface area contributed by atoms with Gasteiger partial charge in [0.15, 0.2) is 0 Å². The standard InChI is InChI=1S/C19H23ClN2O3S/c1-13-16(24-2)10-14(11-17(13)25-3)19(23)22-8-6-21(7-9-22)12-15-4-5-18(20)26-15/h4-5,10-11H,6-9,12H2,1-3H3. The van der Waals surface area contributed by atoms with Crippen molar-refractivity contribution in [2.75, 3.05) is 40.4 Å². The molecule has 1 saturated heterocycles. The Morgan fingerprint density at radius 2 is 1.73 bits per heavy atom. The van der Waals surface area contributed by atoms with Crippen LogP contribution in [-0.2, 0) is 6.54 Å². The molecule has 0 radical (unpaired) electrons. The number of rotatable bonds is 5. The molecule has 1 aliphatic heterocycles. The maximum atomic E-state index is 12.9. The SMILES string of the molecule is COc1cc(C(=O)N2CCN(Cc3ccc(Cl)s3)CC2)cc(OC)c1C. The third-order valence-corrected chi connectivity index (χ3v) is 5.88. The van der Waals surface area contributed by atoms with Gasteiger partial charge in [0.1, 0.15) is 11.5 Å². The minimum absolute atomic E-state index is 0.0143. The van der Waals surface area contributed by atoms with Gasteiger partial charge in [0.05, 0.1) is 18.6 Å². The molecule has 26 heavy (non-hydrogen) atoms. The number of thiophene rings is 1. The van der Waals surface area contributed by atoms with Gasteiger partial charge in [0.2, 0.25) is 0 Å². The van der Waals surface area contributed by atoms with Crippen molar-refractivity contribution in [3.8, 4) is 11.5 Å². The number of benzene rings is 1. The van der Waals surface area contributed by atoms with E-state index in [0.29, 0.717) is 30.2 Å². The summed E-state index contributed by atoms with van der Waals surface area (Å²) in [6.07, 6.45) is 0. The number of methoxy groups -OCH3 is 2. The van der Waals surface area contributed by atoms with Gasteiger partial charge >= 0.3 is 0 Å². The zero-order valence-corrected chi connectivity index (χ0v) is 16.8. The third-order valence-electron chi connectivity index (χ3n) is 4.67. The lowest BCUT2D eigenvalue weighted by molar-refractivity contribution is 0.0629. The molecule has 0 N–H and O–H groups in total. The van der Waals surface area contributed by atoms with Crippen molar-refractivity contribution < 1.29 is 14.3 Å². The van der Waals surface area contributed by atoms with E-state index in [-0.39, 0.29) is 5.91 Å². The Morgan fingerprint density at radius 3 is 2.23 bits per heavy atom. The minimum atomic E-state index is 0.0143. The molecular formula is C19H23ClN2O3S. The Bertz CT molecular complexity index is 760. The molecule has 140 valence electrons. The van der Waals surface area contributed by atoms with Gasteiger partial charge < -0.3 is 14.4 Å². The molecule has 0 atom stereocenters. The van der Waals surface area contributed by atoms with E-state index in [1.54, 1.807) is 37.7 Å². The van der Waals surface area contributed by atoms with Crippen LogP contribution in [0.15, 0.2) is 24.3 Å². The van der Waals surface area contributed by atoms with E-state index < -0.39 is 0 Å². The first kappa shape index (κ1) is 19.0. The number of amides is 1. The van der Waals surface area contributed by atoms with Crippen molar-refractivity contribution in [2.24, 2.45) is 0 Å². The summed E-state index contributed by atoms with van der Waals surface area (Å²) in [7, 11) is 3.21. The van der Waals surface area contributed by atoms with E-state index >= 15 is 0 Å². The van der Waals surface area contributed by atoms with Crippen LogP contribution in [0.4, 0.5) is 0 Å². The number of hydrogen-bond donors (Lipinski definition) is 0. The van der Waals surface area contributed by atoms with E-state index in [9.17, 15) is 4.79 Å². The number of nitrogens with zero attached hydrogens (tertiary/aromatic N) is 2. The third kappa shape index (κ3) is 4.14. The lowest BCUT2D eigenvalue weighted by Crippen LogP contribution is -2.48. The van der Waals surface area contributed by atoms with Gasteiger partial charge in [-0.1, -0.05) is 11.6 Å². The monoisotopic (exact) mass is 394 g/mol. The molecule has 0 aliphatic carbocycles. The van der Waals surface area contributed by atoms with Gasteiger partial charge in [-0.25, -0.2) is 0 Å². The Morgan fingerprint density at radius 1 is 1.12 bits per heavy atom. The highest BCUT2D eigenvalue weighted by Crippen LogP contribution is 2.30. The van der Waals surface area contributed by atoms with Crippen LogP contribution < -0.4 is 9.47 Å². The second-order valence-electron chi connectivity index (χ2n) is 6.28. The van der Waals surface area contributed by atoms with Crippen LogP contribution in [0.3, 0.4) is 0 Å². The lowest BCUT2D eigenvalue weighted by atomic mass is 10.1. The number of ether oxygens (including phenoxy) is 2. The molecule has 0 spiro atoms. The smallest absolute Gasteiger partial charge is 0.254 e. The average Bonchev–Trinajstić information content (AvgIpc) is 3.06. The number of halogens is 1. The van der Waals surface area contributed by atoms with Crippen LogP contribution in [0.2, 0.25) is 4.34 Å². The van der Waals surface area contributed by atoms with Crippen molar-refractivity contribution in [1.82, 2.24) is 9.80 Å². The summed E-state index contributed by atoms with van der Waals surface area (Å²) in [5, 5.41) is 0. The van der Waals surface area contributed by atoms with E-state index in [4.69, 9.17) is 21.1 Å². The second-order valence-corrected chi connectivity index (χ2v) is 8.08. The van der Waals surface area contributed by atoms with Crippen molar-refractivity contribution in [3.05, 3.63) is 44.6 Å². The summed E-state index contributed by atoms with van der Waals surface area (Å²) in [6.45, 7) is 5.91. The molecule has 0 saturated carbocycles. The first-order valence-corrected chi connectivity index (χ1v) is 9.69. The first-order valence-electron chi connectivity index (χ1n) is 8.50. The fourth-order valence-electron chi connectivity index (χ4n) is 3.16. The fraction of sp³-hybridized carbons (Fsp3) is 0.421. The van der Waals surface area contributed by atoms with Crippen LogP contribution >= 0.6 is 22.9 Å². The van der Waals surface area contributed by atoms with Gasteiger partial charge in [-0.05, 0) is 31.2 Å². The zero-order valence-electron chi connectivity index (χ0n) is 15.3. The Balaban J connectivity index is 1.65. The van der Waals surface area contributed by atoms with Gasteiger partial charge in [0, 0.05) is 48.7 Å². The quantitative estimate of drug-likeness (QED) is 0.775. The molecule has 5 nitrogen and oxygen atoms in total. The summed E-state index contributed by atoms with van der Waals surface area (Å²) >= 11 is 7.61. The number of carbonyl (C=O) groups is 1. The predicted molar refractivity (Wildman–Crippen MR) is 105 cm³/mol. The first-order chi connectivity index (χ1) is 12.5. The topological polar surface area (TPSA) is 42.0 Å². The number of hydrogen-bond acceptors (Lipinski definition) is 5. The summed E-state index contributed by atoms with van der Waals surface area (Å²) < 4.78 is 11.6. The molecule has 1 amide bonds. The average molecular weight is 395 g/mol. The predicted octanol–water partition coefficient (Wildman–Crippen LogP) is 3.69. The molecule has 1 aliphatic rings. The van der Waals surface area contributed by atoms with Crippen LogP contribution in [-0.4, -0.2) is 56.1 Å². The second kappa shape index (κ2) is 8.29. The maximum absolute atomic E-state index is 12.9. The largest absolute Gasteiger partial charge is 0.496 e. The fourth-order valence-corrected chi connectivity index (χ4v) is 4.29. The van der Waals surface area contributed by atoms with Crippen LogP contribution in [0.5, 0.6) is 11.5 Å². The van der Waals surface area contributed by atoms with E-state index in [2.05, 4.69) is 11.0 Å². The molecule has 1 aromatic carbocycles. The molecule has 3 rings (SSSR count). The van der Waals surface area contributed by atoms with Crippen molar-refractivity contribution in [2.45, 2.75) is 13.5 Å². The van der Waals surface area contributed by atoms with Crippen LogP contribution in [0.1, 0.15) is 20.8 Å². The number of piperazine rings is 1. The molecule has 1 fully saturated rings. The number of carbonyl (C=O) groups excluding carboxylic acids is 1. The Kier molecular flexibility index (Phi) is 6.06. The van der Waals surface area contributed by atoms with E-state index in [1.165, 1.54) is 4.88 Å². The summed E-state index contributed by atoms with van der Waals surface area (Å²) in [6, 6.07) is 7.58. The van der Waals surface area contributed by atoms with Gasteiger partial charge in [-0.15, -0.1) is 11.3 Å². The molecule has 0 bridgehead atoms. The summed E-state index contributed by atoms with van der Waals surface area (Å²) in [5.74, 6) is 1.35. The highest BCUT2D eigenvalue weighted by Gasteiger charge is 2.24. The highest BCUT2D eigenvalue weighted by molar-refractivity contribution is 7.16. The zero-order chi connectivity index (χ0) is 18.7.